The van der Waals surface area contributed by atoms with Crippen molar-refractivity contribution in [2.24, 2.45) is 7.05 Å². The van der Waals surface area contributed by atoms with Gasteiger partial charge in [-0.15, -0.1) is 0 Å². The smallest absolute Gasteiger partial charge is 0.253 e. The van der Waals surface area contributed by atoms with Gasteiger partial charge in [-0.05, 0) is 25.8 Å². The summed E-state index contributed by atoms with van der Waals surface area (Å²) in [7, 11) is 1.92. The Morgan fingerprint density at radius 2 is 2.30 bits per heavy atom. The molecule has 1 aliphatic heterocycles. The van der Waals surface area contributed by atoms with E-state index in [1.807, 2.05) is 31.7 Å². The summed E-state index contributed by atoms with van der Waals surface area (Å²) in [6.45, 7) is 4.40. The maximum Gasteiger partial charge on any atom is 0.253 e. The third kappa shape index (κ3) is 3.10. The van der Waals surface area contributed by atoms with Crippen molar-refractivity contribution in [1.29, 1.82) is 0 Å². The summed E-state index contributed by atoms with van der Waals surface area (Å²) in [5, 5.41) is 11.2. The van der Waals surface area contributed by atoms with E-state index in [-0.39, 0.29) is 18.1 Å². The maximum atomic E-state index is 12.7. The molecule has 0 radical (unpaired) electrons. The van der Waals surface area contributed by atoms with E-state index in [1.54, 1.807) is 12.3 Å². The molecule has 7 nitrogen and oxygen atoms in total. The molecule has 0 aromatic carbocycles. The second kappa shape index (κ2) is 6.45. The first-order valence-corrected chi connectivity index (χ1v) is 7.83. The van der Waals surface area contributed by atoms with Gasteiger partial charge in [0.15, 0.2) is 0 Å². The van der Waals surface area contributed by atoms with E-state index < -0.39 is 0 Å². The Balaban J connectivity index is 1.80. The molecule has 1 saturated heterocycles. The normalized spacial score (nSPS) is 20.7. The van der Waals surface area contributed by atoms with Crippen molar-refractivity contribution in [3.63, 3.8) is 0 Å². The molecule has 1 N–H and O–H groups in total. The van der Waals surface area contributed by atoms with Crippen LogP contribution in [0, 0.1) is 6.92 Å². The predicted molar refractivity (Wildman–Crippen MR) is 83.9 cm³/mol. The molecule has 3 rings (SSSR count). The fourth-order valence-corrected chi connectivity index (χ4v) is 2.86. The van der Waals surface area contributed by atoms with E-state index >= 15 is 0 Å². The Morgan fingerprint density at radius 3 is 3.00 bits per heavy atom. The van der Waals surface area contributed by atoms with Gasteiger partial charge >= 0.3 is 0 Å². The van der Waals surface area contributed by atoms with E-state index in [9.17, 15) is 4.79 Å². The fraction of sp³-hybridized carbons (Fsp3) is 0.500. The third-order valence-corrected chi connectivity index (χ3v) is 4.09. The molecule has 0 spiro atoms. The van der Waals surface area contributed by atoms with Crippen molar-refractivity contribution >= 4 is 5.91 Å². The summed E-state index contributed by atoms with van der Waals surface area (Å²) in [6.07, 6.45) is 4.82. The first-order valence-electron chi connectivity index (χ1n) is 7.83. The van der Waals surface area contributed by atoms with Gasteiger partial charge in [0.05, 0.1) is 23.0 Å². The Bertz CT molecular complexity index is 712. The summed E-state index contributed by atoms with van der Waals surface area (Å²) in [6, 6.07) is 1.69. The molecule has 0 bridgehead atoms. The van der Waals surface area contributed by atoms with Crippen molar-refractivity contribution in [3.05, 3.63) is 41.2 Å². The Morgan fingerprint density at radius 1 is 1.48 bits per heavy atom. The van der Waals surface area contributed by atoms with E-state index in [2.05, 4.69) is 20.5 Å². The van der Waals surface area contributed by atoms with Gasteiger partial charge in [-0.2, -0.15) is 10.2 Å². The second-order valence-corrected chi connectivity index (χ2v) is 5.76. The van der Waals surface area contributed by atoms with Crippen molar-refractivity contribution < 1.29 is 9.53 Å². The SMILES string of the molecule is CCc1nnc(C)cc1C(=O)N[C@H]1CCO[C@@H]1c1nccn1C. The summed E-state index contributed by atoms with van der Waals surface area (Å²) in [5.41, 5.74) is 2.03. The molecule has 0 saturated carbocycles. The van der Waals surface area contributed by atoms with Crippen molar-refractivity contribution in [1.82, 2.24) is 25.1 Å². The van der Waals surface area contributed by atoms with Crippen LogP contribution in [0.2, 0.25) is 0 Å². The molecule has 23 heavy (non-hydrogen) atoms. The molecule has 7 heteroatoms. The van der Waals surface area contributed by atoms with E-state index in [4.69, 9.17) is 4.74 Å². The van der Waals surface area contributed by atoms with E-state index in [0.29, 0.717) is 24.3 Å². The summed E-state index contributed by atoms with van der Waals surface area (Å²) >= 11 is 0. The highest BCUT2D eigenvalue weighted by molar-refractivity contribution is 5.95. The Labute approximate surface area is 135 Å². The number of imidazole rings is 1. The lowest BCUT2D eigenvalue weighted by Crippen LogP contribution is -2.38. The zero-order chi connectivity index (χ0) is 16.4. The molecule has 2 atom stereocenters. The van der Waals surface area contributed by atoms with Crippen molar-refractivity contribution in [3.8, 4) is 0 Å². The van der Waals surface area contributed by atoms with Crippen LogP contribution in [0.4, 0.5) is 0 Å². The van der Waals surface area contributed by atoms with Crippen LogP contribution in [0.25, 0.3) is 0 Å². The summed E-state index contributed by atoms with van der Waals surface area (Å²) in [4.78, 5) is 17.0. The lowest BCUT2D eigenvalue weighted by molar-refractivity contribution is 0.0778. The highest BCUT2D eigenvalue weighted by Gasteiger charge is 2.34. The predicted octanol–water partition coefficient (Wildman–Crippen LogP) is 1.34. The number of hydrogen-bond acceptors (Lipinski definition) is 5. The van der Waals surface area contributed by atoms with E-state index in [0.717, 1.165) is 17.9 Å². The van der Waals surface area contributed by atoms with Crippen molar-refractivity contribution in [2.75, 3.05) is 6.61 Å². The number of carbonyl (C=O) groups excluding carboxylic acids is 1. The topological polar surface area (TPSA) is 81.9 Å². The number of carbonyl (C=O) groups is 1. The van der Waals surface area contributed by atoms with Crippen LogP contribution in [0.1, 0.15) is 47.0 Å². The summed E-state index contributed by atoms with van der Waals surface area (Å²) in [5.74, 6) is 0.696. The number of nitrogens with zero attached hydrogens (tertiary/aromatic N) is 4. The molecular weight excluding hydrogens is 294 g/mol. The van der Waals surface area contributed by atoms with Gasteiger partial charge in [0, 0.05) is 26.0 Å². The molecular formula is C16H21N5O2. The van der Waals surface area contributed by atoms with Gasteiger partial charge in [0.2, 0.25) is 0 Å². The zero-order valence-corrected chi connectivity index (χ0v) is 13.6. The summed E-state index contributed by atoms with van der Waals surface area (Å²) < 4.78 is 7.70. The molecule has 1 fully saturated rings. The van der Waals surface area contributed by atoms with Gasteiger partial charge in [-0.25, -0.2) is 4.98 Å². The molecule has 1 amide bonds. The third-order valence-electron chi connectivity index (χ3n) is 4.09. The molecule has 1 aliphatic rings. The van der Waals surface area contributed by atoms with Crippen molar-refractivity contribution in [2.45, 2.75) is 38.8 Å². The quantitative estimate of drug-likeness (QED) is 0.921. The number of ether oxygens (including phenoxy) is 1. The van der Waals surface area contributed by atoms with Crippen LogP contribution in [0.15, 0.2) is 18.5 Å². The highest BCUT2D eigenvalue weighted by atomic mass is 16.5. The zero-order valence-electron chi connectivity index (χ0n) is 13.6. The minimum Gasteiger partial charge on any atom is -0.368 e. The minimum atomic E-state index is -0.222. The second-order valence-electron chi connectivity index (χ2n) is 5.76. The maximum absolute atomic E-state index is 12.7. The Kier molecular flexibility index (Phi) is 4.38. The van der Waals surface area contributed by atoms with E-state index in [1.165, 1.54) is 0 Å². The minimum absolute atomic E-state index is 0.0956. The number of hydrogen-bond donors (Lipinski definition) is 1. The van der Waals surface area contributed by atoms with Crippen LogP contribution >= 0.6 is 0 Å². The average Bonchev–Trinajstić information content (AvgIpc) is 3.15. The molecule has 2 aromatic rings. The first-order chi connectivity index (χ1) is 11.1. The van der Waals surface area contributed by atoms with Gasteiger partial charge in [-0.3, -0.25) is 4.79 Å². The number of aryl methyl sites for hydroxylation is 3. The van der Waals surface area contributed by atoms with Gasteiger partial charge < -0.3 is 14.6 Å². The largest absolute Gasteiger partial charge is 0.368 e. The van der Waals surface area contributed by atoms with Crippen LogP contribution in [-0.4, -0.2) is 38.3 Å². The lowest BCUT2D eigenvalue weighted by atomic mass is 10.1. The van der Waals surface area contributed by atoms with Gasteiger partial charge in [0.25, 0.3) is 5.91 Å². The number of nitrogens with one attached hydrogen (secondary N) is 1. The number of aromatic nitrogens is 4. The highest BCUT2D eigenvalue weighted by Crippen LogP contribution is 2.28. The number of rotatable bonds is 4. The Hall–Kier alpha value is -2.28. The standard InChI is InChI=1S/C16H21N5O2/c1-4-12-11(9-10(2)19-20-12)16(22)18-13-5-8-23-14(13)15-17-6-7-21(15)3/h6-7,9,13-14H,4-5,8H2,1-3H3,(H,18,22)/t13-,14-/m0/s1. The van der Waals surface area contributed by atoms with Crippen LogP contribution < -0.4 is 5.32 Å². The fourth-order valence-electron chi connectivity index (χ4n) is 2.86. The molecule has 0 unspecified atom stereocenters. The molecule has 3 heterocycles. The first kappa shape index (κ1) is 15.6. The molecule has 122 valence electrons. The van der Waals surface area contributed by atoms with Crippen LogP contribution in [0.5, 0.6) is 0 Å². The number of amides is 1. The average molecular weight is 315 g/mol. The molecule has 2 aromatic heterocycles. The van der Waals surface area contributed by atoms with Gasteiger partial charge in [0.1, 0.15) is 11.9 Å². The van der Waals surface area contributed by atoms with Gasteiger partial charge in [-0.1, -0.05) is 6.92 Å². The van der Waals surface area contributed by atoms with Crippen LogP contribution in [-0.2, 0) is 18.2 Å². The van der Waals surface area contributed by atoms with Crippen LogP contribution in [0.3, 0.4) is 0 Å². The lowest BCUT2D eigenvalue weighted by Gasteiger charge is -2.20. The monoisotopic (exact) mass is 315 g/mol. The molecule has 0 aliphatic carbocycles.